The molecule has 1 heterocycles. The van der Waals surface area contributed by atoms with Crippen LogP contribution in [0.25, 0.3) is 0 Å². The Morgan fingerprint density at radius 2 is 1.85 bits per heavy atom. The number of carbonyl (C=O) groups excluding carboxylic acids is 1. The first kappa shape index (κ1) is 18.7. The maximum Gasteiger partial charge on any atom is 0.303 e. The van der Waals surface area contributed by atoms with E-state index in [2.05, 4.69) is 5.32 Å². The highest BCUT2D eigenvalue weighted by molar-refractivity contribution is 7.91. The van der Waals surface area contributed by atoms with Crippen molar-refractivity contribution >= 4 is 27.4 Å². The first-order valence-corrected chi connectivity index (χ1v) is 10.6. The van der Waals surface area contributed by atoms with Crippen molar-refractivity contribution in [2.24, 2.45) is 11.3 Å². The summed E-state index contributed by atoms with van der Waals surface area (Å²) in [7, 11) is -2.92. The Morgan fingerprint density at radius 1 is 1.19 bits per heavy atom. The highest BCUT2D eigenvalue weighted by atomic mass is 32.2. The molecule has 1 aliphatic carbocycles. The molecule has 142 valence electrons. The van der Waals surface area contributed by atoms with Gasteiger partial charge in [-0.2, -0.15) is 0 Å². The minimum atomic E-state index is -2.92. The molecule has 1 atom stereocenters. The van der Waals surface area contributed by atoms with E-state index in [-0.39, 0.29) is 35.2 Å². The van der Waals surface area contributed by atoms with Crippen LogP contribution in [0.4, 0.5) is 5.69 Å². The number of amides is 1. The molecular formula is C18H23NO6S. The van der Waals surface area contributed by atoms with Crippen LogP contribution >= 0.6 is 0 Å². The smallest absolute Gasteiger partial charge is 0.303 e. The molecule has 26 heavy (non-hydrogen) atoms. The van der Waals surface area contributed by atoms with E-state index in [1.54, 1.807) is 24.3 Å². The summed E-state index contributed by atoms with van der Waals surface area (Å²) >= 11 is 0. The fourth-order valence-corrected chi connectivity index (χ4v) is 5.13. The maximum atomic E-state index is 12.4. The van der Waals surface area contributed by atoms with E-state index in [0.29, 0.717) is 37.3 Å². The van der Waals surface area contributed by atoms with Crippen molar-refractivity contribution in [3.63, 3.8) is 0 Å². The second-order valence-corrected chi connectivity index (χ2v) is 9.43. The molecule has 1 amide bonds. The van der Waals surface area contributed by atoms with Crippen LogP contribution in [0.2, 0.25) is 0 Å². The number of hydrogen-bond donors (Lipinski definition) is 2. The van der Waals surface area contributed by atoms with Gasteiger partial charge in [-0.05, 0) is 55.4 Å². The Kier molecular flexibility index (Phi) is 5.22. The van der Waals surface area contributed by atoms with Crippen LogP contribution in [0, 0.1) is 11.3 Å². The van der Waals surface area contributed by atoms with Crippen LogP contribution in [0.5, 0.6) is 5.75 Å². The topological polar surface area (TPSA) is 110 Å². The molecule has 7 nitrogen and oxygen atoms in total. The third-order valence-corrected chi connectivity index (χ3v) is 6.91. The summed E-state index contributed by atoms with van der Waals surface area (Å²) in [4.78, 5) is 22.9. The lowest BCUT2D eigenvalue weighted by atomic mass is 9.96. The monoisotopic (exact) mass is 381 g/mol. The second kappa shape index (κ2) is 7.26. The molecule has 1 aromatic rings. The Morgan fingerprint density at radius 3 is 2.46 bits per heavy atom. The van der Waals surface area contributed by atoms with E-state index in [4.69, 9.17) is 9.84 Å². The molecule has 2 N–H and O–H groups in total. The van der Waals surface area contributed by atoms with E-state index in [0.717, 1.165) is 6.42 Å². The molecule has 1 saturated carbocycles. The molecule has 1 saturated heterocycles. The minimum absolute atomic E-state index is 0.0561. The third-order valence-electron chi connectivity index (χ3n) is 5.25. The number of ether oxygens (including phenoxy) is 1. The quantitative estimate of drug-likeness (QED) is 0.700. The van der Waals surface area contributed by atoms with Crippen LogP contribution in [0.1, 0.15) is 32.1 Å². The van der Waals surface area contributed by atoms with Crippen LogP contribution in [0.15, 0.2) is 24.3 Å². The van der Waals surface area contributed by atoms with Crippen LogP contribution in [-0.4, -0.2) is 43.5 Å². The summed E-state index contributed by atoms with van der Waals surface area (Å²) in [5, 5.41) is 11.5. The van der Waals surface area contributed by atoms with Gasteiger partial charge in [-0.15, -0.1) is 0 Å². The van der Waals surface area contributed by atoms with E-state index < -0.39 is 15.8 Å². The summed E-state index contributed by atoms with van der Waals surface area (Å²) in [6.07, 6.45) is 2.43. The number of anilines is 1. The second-order valence-electron chi connectivity index (χ2n) is 7.13. The van der Waals surface area contributed by atoms with Gasteiger partial charge in [0, 0.05) is 18.0 Å². The lowest BCUT2D eigenvalue weighted by Gasteiger charge is -2.22. The van der Waals surface area contributed by atoms with Gasteiger partial charge >= 0.3 is 5.97 Å². The molecule has 0 radical (unpaired) electrons. The van der Waals surface area contributed by atoms with Gasteiger partial charge in [0.25, 0.3) is 0 Å². The fraction of sp³-hybridized carbons (Fsp3) is 0.556. The van der Waals surface area contributed by atoms with Gasteiger partial charge < -0.3 is 15.2 Å². The number of carbonyl (C=O) groups is 2. The molecule has 8 heteroatoms. The van der Waals surface area contributed by atoms with Gasteiger partial charge in [0.05, 0.1) is 18.1 Å². The predicted molar refractivity (Wildman–Crippen MR) is 95.9 cm³/mol. The molecule has 2 aliphatic rings. The predicted octanol–water partition coefficient (Wildman–Crippen LogP) is 2.08. The normalized spacial score (nSPS) is 22.5. The number of nitrogens with one attached hydrogen (secondary N) is 1. The van der Waals surface area contributed by atoms with Crippen molar-refractivity contribution in [1.29, 1.82) is 0 Å². The van der Waals surface area contributed by atoms with Gasteiger partial charge in [-0.3, -0.25) is 9.59 Å². The summed E-state index contributed by atoms with van der Waals surface area (Å²) in [5.41, 5.74) is 0.543. The van der Waals surface area contributed by atoms with Crippen LogP contribution in [0.3, 0.4) is 0 Å². The van der Waals surface area contributed by atoms with Crippen molar-refractivity contribution in [3.05, 3.63) is 24.3 Å². The Hall–Kier alpha value is -2.09. The van der Waals surface area contributed by atoms with E-state index in [9.17, 15) is 18.0 Å². The molecule has 0 bridgehead atoms. The minimum Gasteiger partial charge on any atom is -0.494 e. The largest absolute Gasteiger partial charge is 0.494 e. The Labute approximate surface area is 152 Å². The van der Waals surface area contributed by atoms with Crippen molar-refractivity contribution in [2.75, 3.05) is 23.4 Å². The first-order chi connectivity index (χ1) is 12.3. The molecule has 3 rings (SSSR count). The average Bonchev–Trinajstić information content (AvgIpc) is 3.31. The highest BCUT2D eigenvalue weighted by Gasteiger charge is 2.59. The summed E-state index contributed by atoms with van der Waals surface area (Å²) < 4.78 is 28.6. The van der Waals surface area contributed by atoms with Crippen molar-refractivity contribution in [1.82, 2.24) is 0 Å². The fourth-order valence-electron chi connectivity index (χ4n) is 3.49. The number of sulfone groups is 1. The third kappa shape index (κ3) is 4.55. The molecule has 2 fully saturated rings. The van der Waals surface area contributed by atoms with Gasteiger partial charge in [0.15, 0.2) is 0 Å². The Bertz CT molecular complexity index is 772. The zero-order valence-corrected chi connectivity index (χ0v) is 15.3. The van der Waals surface area contributed by atoms with Crippen molar-refractivity contribution in [2.45, 2.75) is 32.1 Å². The highest BCUT2D eigenvalue weighted by Crippen LogP contribution is 2.60. The van der Waals surface area contributed by atoms with E-state index >= 15 is 0 Å². The molecule has 1 spiro atoms. The molecule has 1 unspecified atom stereocenters. The van der Waals surface area contributed by atoms with Crippen LogP contribution in [-0.2, 0) is 19.4 Å². The van der Waals surface area contributed by atoms with Gasteiger partial charge in [0.1, 0.15) is 15.6 Å². The summed E-state index contributed by atoms with van der Waals surface area (Å²) in [6, 6.07) is 6.94. The average molecular weight is 381 g/mol. The Balaban J connectivity index is 1.46. The lowest BCUT2D eigenvalue weighted by molar-refractivity contribution is -0.137. The molecular weight excluding hydrogens is 358 g/mol. The molecule has 1 aromatic carbocycles. The van der Waals surface area contributed by atoms with Crippen molar-refractivity contribution in [3.8, 4) is 5.75 Å². The van der Waals surface area contributed by atoms with Gasteiger partial charge in [0.2, 0.25) is 5.91 Å². The number of carboxylic acids is 1. The van der Waals surface area contributed by atoms with Gasteiger partial charge in [-0.1, -0.05) is 0 Å². The van der Waals surface area contributed by atoms with Crippen molar-refractivity contribution < 1.29 is 27.9 Å². The number of carboxylic acid groups (broad SMARTS) is 1. The van der Waals surface area contributed by atoms with E-state index in [1.807, 2.05) is 0 Å². The zero-order valence-electron chi connectivity index (χ0n) is 14.4. The zero-order chi connectivity index (χ0) is 18.8. The lowest BCUT2D eigenvalue weighted by Crippen LogP contribution is -2.28. The number of rotatable bonds is 7. The SMILES string of the molecule is O=C(O)CCCOc1ccc(NC(=O)C2CC23CCS(=O)(=O)CC3)cc1. The van der Waals surface area contributed by atoms with E-state index in [1.165, 1.54) is 0 Å². The molecule has 1 aliphatic heterocycles. The number of hydrogen-bond acceptors (Lipinski definition) is 5. The summed E-state index contributed by atoms with van der Waals surface area (Å²) in [6.45, 7) is 0.325. The number of benzene rings is 1. The van der Waals surface area contributed by atoms with Crippen LogP contribution < -0.4 is 10.1 Å². The standard InChI is InChI=1S/C18H23NO6S/c20-16(21)2-1-9-25-14-5-3-13(4-6-14)19-17(22)15-12-18(15)7-10-26(23,24)11-8-18/h3-6,15H,1-2,7-12H2,(H,19,22)(H,20,21). The summed E-state index contributed by atoms with van der Waals surface area (Å²) in [5.74, 6) is -0.0201. The van der Waals surface area contributed by atoms with Gasteiger partial charge in [-0.25, -0.2) is 8.42 Å². The first-order valence-electron chi connectivity index (χ1n) is 8.76. The number of aliphatic carboxylic acids is 1. The maximum absolute atomic E-state index is 12.4. The molecule has 0 aromatic heterocycles.